The number of aromatic hydroxyl groups is 1. The fourth-order valence-corrected chi connectivity index (χ4v) is 5.63. The lowest BCUT2D eigenvalue weighted by Crippen LogP contribution is -2.29. The molecule has 0 saturated carbocycles. The number of benzene rings is 3. The highest BCUT2D eigenvalue weighted by Crippen LogP contribution is 2.46. The number of halogens is 1. The topological polar surface area (TPSA) is 109 Å². The quantitative estimate of drug-likeness (QED) is 0.163. The van der Waals surface area contributed by atoms with Crippen molar-refractivity contribution >= 4 is 55.7 Å². The molecule has 0 bridgehead atoms. The van der Waals surface area contributed by atoms with E-state index >= 15 is 0 Å². The molecule has 38 heavy (non-hydrogen) atoms. The van der Waals surface area contributed by atoms with E-state index in [9.17, 15) is 19.8 Å². The lowest BCUT2D eigenvalue weighted by atomic mass is 9.95. The van der Waals surface area contributed by atoms with Crippen molar-refractivity contribution in [3.8, 4) is 17.2 Å². The maximum absolute atomic E-state index is 13.5. The van der Waals surface area contributed by atoms with Gasteiger partial charge in [-0.3, -0.25) is 14.5 Å². The number of rotatable bonds is 7. The van der Waals surface area contributed by atoms with E-state index in [4.69, 9.17) is 21.1 Å². The molecule has 1 aromatic heterocycles. The van der Waals surface area contributed by atoms with E-state index in [1.54, 1.807) is 61.5 Å². The largest absolute Gasteiger partial charge is 0.507 e. The summed E-state index contributed by atoms with van der Waals surface area (Å²) in [4.78, 5) is 32.8. The molecular formula is C28H23ClN2O6S. The van der Waals surface area contributed by atoms with Crippen LogP contribution in [0.3, 0.4) is 0 Å². The van der Waals surface area contributed by atoms with Gasteiger partial charge in [0.15, 0.2) is 16.6 Å². The van der Waals surface area contributed by atoms with E-state index < -0.39 is 17.7 Å². The molecule has 1 saturated heterocycles. The van der Waals surface area contributed by atoms with Crippen molar-refractivity contribution in [1.29, 1.82) is 0 Å². The van der Waals surface area contributed by atoms with Crippen LogP contribution >= 0.6 is 22.9 Å². The molecule has 2 N–H and O–H groups in total. The molecule has 8 nitrogen and oxygen atoms in total. The number of carbonyl (C=O) groups excluding carboxylic acids is 2. The van der Waals surface area contributed by atoms with Gasteiger partial charge in [0.25, 0.3) is 5.78 Å². The van der Waals surface area contributed by atoms with E-state index in [0.717, 1.165) is 4.70 Å². The van der Waals surface area contributed by atoms with Gasteiger partial charge in [-0.05, 0) is 61.9 Å². The number of carbonyl (C=O) groups is 2. The summed E-state index contributed by atoms with van der Waals surface area (Å²) in [6.07, 6.45) is 0. The average molecular weight is 551 g/mol. The number of hydrogen-bond donors (Lipinski definition) is 2. The molecule has 5 rings (SSSR count). The lowest BCUT2D eigenvalue weighted by Gasteiger charge is -2.23. The van der Waals surface area contributed by atoms with E-state index in [1.165, 1.54) is 22.3 Å². The number of phenols is 1. The van der Waals surface area contributed by atoms with Crippen LogP contribution in [0.15, 0.2) is 66.2 Å². The third-order valence-corrected chi connectivity index (χ3v) is 7.26. The normalized spacial score (nSPS) is 16.8. The summed E-state index contributed by atoms with van der Waals surface area (Å²) in [6.45, 7) is 4.32. The van der Waals surface area contributed by atoms with Gasteiger partial charge in [0.1, 0.15) is 11.5 Å². The molecule has 1 amide bonds. The molecule has 0 radical (unpaired) electrons. The number of aliphatic hydroxyl groups excluding tert-OH is 1. The Morgan fingerprint density at radius 1 is 1.05 bits per heavy atom. The zero-order chi connectivity index (χ0) is 27.0. The maximum Gasteiger partial charge on any atom is 0.301 e. The second-order valence-corrected chi connectivity index (χ2v) is 9.84. The number of nitrogens with zero attached hydrogens (tertiary/aromatic N) is 2. The van der Waals surface area contributed by atoms with Gasteiger partial charge in [-0.1, -0.05) is 41.1 Å². The molecule has 1 aliphatic heterocycles. The van der Waals surface area contributed by atoms with Gasteiger partial charge in [-0.2, -0.15) is 0 Å². The maximum atomic E-state index is 13.5. The van der Waals surface area contributed by atoms with Crippen molar-refractivity contribution < 1.29 is 29.3 Å². The first-order chi connectivity index (χ1) is 18.3. The zero-order valence-corrected chi connectivity index (χ0v) is 22.0. The molecule has 10 heteroatoms. The SMILES string of the molecule is CCOc1cccc(C(O)=C2C(=O)C(=O)N(c3nc4ccc(Cl)cc4s3)C2c2ccc(O)c(OCC)c2)c1. The van der Waals surface area contributed by atoms with Gasteiger partial charge in [0.2, 0.25) is 0 Å². The van der Waals surface area contributed by atoms with Crippen LogP contribution in [0, 0.1) is 0 Å². The highest BCUT2D eigenvalue weighted by atomic mass is 35.5. The van der Waals surface area contributed by atoms with Crippen LogP contribution in [-0.2, 0) is 9.59 Å². The lowest BCUT2D eigenvalue weighted by molar-refractivity contribution is -0.132. The predicted octanol–water partition coefficient (Wildman–Crippen LogP) is 6.08. The van der Waals surface area contributed by atoms with Crippen LogP contribution in [0.4, 0.5) is 5.13 Å². The Labute approximate surface area is 227 Å². The first-order valence-corrected chi connectivity index (χ1v) is 13.1. The molecular weight excluding hydrogens is 528 g/mol. The number of aromatic nitrogens is 1. The number of ether oxygens (including phenoxy) is 2. The minimum atomic E-state index is -1.04. The zero-order valence-electron chi connectivity index (χ0n) is 20.5. The number of aliphatic hydroxyl groups is 1. The van der Waals surface area contributed by atoms with Gasteiger partial charge in [-0.15, -0.1) is 0 Å². The van der Waals surface area contributed by atoms with Crippen LogP contribution in [-0.4, -0.2) is 40.1 Å². The number of Topliss-reactive ketones (excluding diaryl/α,β-unsaturated/α-hetero) is 1. The molecule has 1 unspecified atom stereocenters. The summed E-state index contributed by atoms with van der Waals surface area (Å²) in [5.74, 6) is -1.45. The molecule has 1 atom stereocenters. The number of thiazole rings is 1. The van der Waals surface area contributed by atoms with Crippen LogP contribution in [0.5, 0.6) is 17.2 Å². The summed E-state index contributed by atoms with van der Waals surface area (Å²) in [7, 11) is 0. The Morgan fingerprint density at radius 3 is 2.61 bits per heavy atom. The number of hydrogen-bond acceptors (Lipinski definition) is 8. The van der Waals surface area contributed by atoms with E-state index in [-0.39, 0.29) is 28.0 Å². The predicted molar refractivity (Wildman–Crippen MR) is 146 cm³/mol. The van der Waals surface area contributed by atoms with E-state index in [0.29, 0.717) is 40.6 Å². The second kappa shape index (κ2) is 10.4. The number of phenolic OH excluding ortho intramolecular Hbond substituents is 1. The highest BCUT2D eigenvalue weighted by molar-refractivity contribution is 7.22. The summed E-state index contributed by atoms with van der Waals surface area (Å²) in [6, 6.07) is 15.3. The number of anilines is 1. The van der Waals surface area contributed by atoms with Crippen molar-refractivity contribution in [2.75, 3.05) is 18.1 Å². The summed E-state index contributed by atoms with van der Waals surface area (Å²) < 4.78 is 11.8. The van der Waals surface area contributed by atoms with E-state index in [2.05, 4.69) is 4.98 Å². The van der Waals surface area contributed by atoms with Crippen molar-refractivity contribution in [2.45, 2.75) is 19.9 Å². The Hall–Kier alpha value is -4.08. The van der Waals surface area contributed by atoms with Gasteiger partial charge >= 0.3 is 5.91 Å². The Kier molecular flexibility index (Phi) is 6.96. The van der Waals surface area contributed by atoms with Crippen molar-refractivity contribution in [3.05, 3.63) is 82.4 Å². The monoisotopic (exact) mass is 550 g/mol. The van der Waals surface area contributed by atoms with Crippen LogP contribution in [0.25, 0.3) is 16.0 Å². The summed E-state index contributed by atoms with van der Waals surface area (Å²) >= 11 is 7.35. The Morgan fingerprint density at radius 2 is 1.84 bits per heavy atom. The fraction of sp³-hybridized carbons (Fsp3) is 0.179. The molecule has 194 valence electrons. The van der Waals surface area contributed by atoms with Crippen LogP contribution in [0.1, 0.15) is 31.0 Å². The minimum Gasteiger partial charge on any atom is -0.507 e. The van der Waals surface area contributed by atoms with Gasteiger partial charge < -0.3 is 19.7 Å². The molecule has 2 heterocycles. The fourth-order valence-electron chi connectivity index (χ4n) is 4.36. The number of amides is 1. The Balaban J connectivity index is 1.73. The van der Waals surface area contributed by atoms with Crippen LogP contribution < -0.4 is 14.4 Å². The Bertz CT molecular complexity index is 1600. The minimum absolute atomic E-state index is 0.0911. The second-order valence-electron chi connectivity index (χ2n) is 8.40. The highest BCUT2D eigenvalue weighted by Gasteiger charge is 2.48. The first-order valence-electron chi connectivity index (χ1n) is 11.9. The van der Waals surface area contributed by atoms with E-state index in [1.807, 2.05) is 6.92 Å². The smallest absolute Gasteiger partial charge is 0.301 e. The third-order valence-electron chi connectivity index (χ3n) is 6.01. The number of ketones is 1. The van der Waals surface area contributed by atoms with Crippen molar-refractivity contribution in [1.82, 2.24) is 4.98 Å². The molecule has 0 aliphatic carbocycles. The van der Waals surface area contributed by atoms with Crippen molar-refractivity contribution in [3.63, 3.8) is 0 Å². The standard InChI is InChI=1S/C28H23ClN2O6S/c1-3-36-18-7-5-6-16(12-18)25(33)23-24(15-8-11-20(32)21(13-15)37-4-2)31(27(35)26(23)34)28-30-19-10-9-17(29)14-22(19)38-28/h5-14,24,32-33H,3-4H2,1-2H3. The number of fused-ring (bicyclic) bond motifs is 1. The molecule has 1 fully saturated rings. The third kappa shape index (κ3) is 4.55. The molecule has 3 aromatic carbocycles. The molecule has 1 aliphatic rings. The molecule has 0 spiro atoms. The van der Waals surface area contributed by atoms with Gasteiger partial charge in [-0.25, -0.2) is 4.98 Å². The summed E-state index contributed by atoms with van der Waals surface area (Å²) in [5, 5.41) is 22.5. The average Bonchev–Trinajstić information content (AvgIpc) is 3.43. The van der Waals surface area contributed by atoms with Crippen LogP contribution in [0.2, 0.25) is 5.02 Å². The molecule has 4 aromatic rings. The van der Waals surface area contributed by atoms with Gasteiger partial charge in [0, 0.05) is 10.6 Å². The summed E-state index contributed by atoms with van der Waals surface area (Å²) in [5.41, 5.74) is 1.26. The first kappa shape index (κ1) is 25.6. The van der Waals surface area contributed by atoms with Crippen molar-refractivity contribution in [2.24, 2.45) is 0 Å². The van der Waals surface area contributed by atoms with Gasteiger partial charge in [0.05, 0.1) is 35.0 Å².